The highest BCUT2D eigenvalue weighted by Gasteiger charge is 2.74. The van der Waals surface area contributed by atoms with E-state index in [4.69, 9.17) is 14.6 Å². The lowest BCUT2D eigenvalue weighted by Gasteiger charge is -2.33. The van der Waals surface area contributed by atoms with Gasteiger partial charge in [0.05, 0.1) is 24.5 Å². The van der Waals surface area contributed by atoms with Crippen LogP contribution in [0.5, 0.6) is 0 Å². The lowest BCUT2D eigenvalue weighted by molar-refractivity contribution is -0.154. The van der Waals surface area contributed by atoms with E-state index >= 15 is 0 Å². The number of rotatable bonds is 9. The molecule has 3 fully saturated rings. The Hall–Kier alpha value is -2.45. The fraction of sp³-hybridized carbons (Fsp3) is 0.640. The number of aliphatic hydroxyl groups excluding tert-OH is 1. The standard InChI is InChI=1S/C25H34N2O6/c1-4-32-24(31)19-18-10-11-25(33-18)20(19)23(30)27(12-6-5-7-13-28)21(25)22(29)26-17-14-15(2)8-9-16(17)3/h8-9,14,18-21,28H,4-7,10-13H2,1-3H3,(H,26,29)/t18-,19+,20+,21-,25+/m0/s1. The number of carbonyl (C=O) groups excluding carboxylic acids is 3. The van der Waals surface area contributed by atoms with E-state index in [2.05, 4.69) is 5.32 Å². The lowest BCUT2D eigenvalue weighted by atomic mass is 9.70. The molecule has 3 heterocycles. The Morgan fingerprint density at radius 2 is 2.06 bits per heavy atom. The number of hydrogen-bond acceptors (Lipinski definition) is 6. The largest absolute Gasteiger partial charge is 0.466 e. The van der Waals surface area contributed by atoms with Crippen molar-refractivity contribution in [3.63, 3.8) is 0 Å². The maximum absolute atomic E-state index is 13.7. The number of fused-ring (bicyclic) bond motifs is 1. The van der Waals surface area contributed by atoms with Crippen LogP contribution in [0.1, 0.15) is 50.2 Å². The van der Waals surface area contributed by atoms with Gasteiger partial charge in [-0.15, -0.1) is 0 Å². The van der Waals surface area contributed by atoms with Crippen molar-refractivity contribution in [1.29, 1.82) is 0 Å². The van der Waals surface area contributed by atoms with Gasteiger partial charge in [0.2, 0.25) is 11.8 Å². The van der Waals surface area contributed by atoms with Crippen LogP contribution in [0.3, 0.4) is 0 Å². The topological polar surface area (TPSA) is 105 Å². The third-order valence-electron chi connectivity index (χ3n) is 7.32. The van der Waals surface area contributed by atoms with Crippen LogP contribution in [0.2, 0.25) is 0 Å². The Bertz CT molecular complexity index is 933. The zero-order valence-electron chi connectivity index (χ0n) is 19.6. The minimum atomic E-state index is -1.02. The molecule has 1 aromatic carbocycles. The van der Waals surface area contributed by atoms with Crippen molar-refractivity contribution in [1.82, 2.24) is 4.90 Å². The van der Waals surface area contributed by atoms with Crippen LogP contribution >= 0.6 is 0 Å². The van der Waals surface area contributed by atoms with Crippen LogP contribution in [-0.4, -0.2) is 65.3 Å². The average Bonchev–Trinajstić information content (AvgIpc) is 3.41. The first-order chi connectivity index (χ1) is 15.8. The maximum Gasteiger partial charge on any atom is 0.312 e. The molecule has 1 aromatic rings. The highest BCUT2D eigenvalue weighted by atomic mass is 16.6. The summed E-state index contributed by atoms with van der Waals surface area (Å²) < 4.78 is 11.6. The molecule has 180 valence electrons. The van der Waals surface area contributed by atoms with Crippen LogP contribution in [0.15, 0.2) is 18.2 Å². The second-order valence-electron chi connectivity index (χ2n) is 9.43. The molecule has 1 spiro atoms. The molecular formula is C25H34N2O6. The summed E-state index contributed by atoms with van der Waals surface area (Å²) in [4.78, 5) is 41.7. The van der Waals surface area contributed by atoms with E-state index in [-0.39, 0.29) is 25.0 Å². The molecule has 0 saturated carbocycles. The zero-order chi connectivity index (χ0) is 23.8. The number of aliphatic hydroxyl groups is 1. The number of benzene rings is 1. The van der Waals surface area contributed by atoms with E-state index in [1.807, 2.05) is 32.0 Å². The van der Waals surface area contributed by atoms with Gasteiger partial charge in [0.1, 0.15) is 11.6 Å². The fourth-order valence-electron chi connectivity index (χ4n) is 5.84. The number of esters is 1. The lowest BCUT2D eigenvalue weighted by Crippen LogP contribution is -2.53. The molecule has 3 aliphatic heterocycles. The number of nitrogens with zero attached hydrogens (tertiary/aromatic N) is 1. The summed E-state index contributed by atoms with van der Waals surface area (Å²) >= 11 is 0. The van der Waals surface area contributed by atoms with E-state index in [1.165, 1.54) is 0 Å². The van der Waals surface area contributed by atoms with Crippen LogP contribution in [0, 0.1) is 25.7 Å². The second-order valence-corrected chi connectivity index (χ2v) is 9.43. The van der Waals surface area contributed by atoms with E-state index in [9.17, 15) is 14.4 Å². The van der Waals surface area contributed by atoms with Crippen molar-refractivity contribution < 1.29 is 29.0 Å². The van der Waals surface area contributed by atoms with Crippen LogP contribution in [0.4, 0.5) is 5.69 Å². The number of nitrogens with one attached hydrogen (secondary N) is 1. The van der Waals surface area contributed by atoms with Crippen molar-refractivity contribution in [2.24, 2.45) is 11.8 Å². The monoisotopic (exact) mass is 458 g/mol. The van der Waals surface area contributed by atoms with Crippen molar-refractivity contribution >= 4 is 23.5 Å². The normalized spacial score (nSPS) is 29.9. The van der Waals surface area contributed by atoms with Crippen molar-refractivity contribution in [2.45, 2.75) is 70.6 Å². The second kappa shape index (κ2) is 9.43. The van der Waals surface area contributed by atoms with Gasteiger partial charge < -0.3 is 24.8 Å². The van der Waals surface area contributed by atoms with Crippen molar-refractivity contribution in [3.05, 3.63) is 29.3 Å². The minimum absolute atomic E-state index is 0.0901. The summed E-state index contributed by atoms with van der Waals surface area (Å²) in [5.41, 5.74) is 1.65. The van der Waals surface area contributed by atoms with Gasteiger partial charge in [0, 0.05) is 18.8 Å². The number of aryl methyl sites for hydroxylation is 2. The van der Waals surface area contributed by atoms with Crippen molar-refractivity contribution in [3.8, 4) is 0 Å². The Labute approximate surface area is 194 Å². The summed E-state index contributed by atoms with van der Waals surface area (Å²) in [6.45, 7) is 6.33. The van der Waals surface area contributed by atoms with E-state index in [0.717, 1.165) is 17.5 Å². The Kier molecular flexibility index (Phi) is 6.77. The molecule has 2 N–H and O–H groups in total. The van der Waals surface area contributed by atoms with E-state index in [1.54, 1.807) is 11.8 Å². The van der Waals surface area contributed by atoms with Gasteiger partial charge in [0.15, 0.2) is 0 Å². The third kappa shape index (κ3) is 4.04. The Balaban J connectivity index is 1.66. The molecule has 4 rings (SSSR count). The molecule has 5 atom stereocenters. The van der Waals surface area contributed by atoms with Gasteiger partial charge in [-0.2, -0.15) is 0 Å². The number of unbranched alkanes of at least 4 members (excludes halogenated alkanes) is 2. The quantitative estimate of drug-likeness (QED) is 0.435. The summed E-state index contributed by atoms with van der Waals surface area (Å²) in [6.07, 6.45) is 2.83. The predicted octanol–water partition coefficient (Wildman–Crippen LogP) is 2.34. The van der Waals surface area contributed by atoms with Crippen molar-refractivity contribution in [2.75, 3.05) is 25.1 Å². The number of hydrogen-bond donors (Lipinski definition) is 2. The van der Waals surface area contributed by atoms with Crippen LogP contribution in [0.25, 0.3) is 0 Å². The minimum Gasteiger partial charge on any atom is -0.466 e. The first-order valence-electron chi connectivity index (χ1n) is 12.0. The number of anilines is 1. The molecular weight excluding hydrogens is 424 g/mol. The molecule has 0 unspecified atom stereocenters. The molecule has 33 heavy (non-hydrogen) atoms. The van der Waals surface area contributed by atoms with Gasteiger partial charge in [-0.25, -0.2) is 0 Å². The molecule has 0 aromatic heterocycles. The molecule has 0 aliphatic carbocycles. The smallest absolute Gasteiger partial charge is 0.312 e. The number of likely N-dealkylation sites (tertiary alicyclic amines) is 1. The van der Waals surface area contributed by atoms with Gasteiger partial charge in [-0.3, -0.25) is 14.4 Å². The molecule has 8 nitrogen and oxygen atoms in total. The average molecular weight is 459 g/mol. The molecule has 3 saturated heterocycles. The Morgan fingerprint density at radius 1 is 1.27 bits per heavy atom. The maximum atomic E-state index is 13.7. The van der Waals surface area contributed by atoms with Crippen LogP contribution < -0.4 is 5.32 Å². The van der Waals surface area contributed by atoms with E-state index in [0.29, 0.717) is 37.9 Å². The van der Waals surface area contributed by atoms with Gasteiger partial charge in [-0.05, 0) is 70.1 Å². The summed E-state index contributed by atoms with van der Waals surface area (Å²) in [6, 6.07) is 5.04. The molecule has 3 aliphatic rings. The molecule has 2 bridgehead atoms. The molecule has 2 amide bonds. The number of amides is 2. The van der Waals surface area contributed by atoms with E-state index < -0.39 is 35.6 Å². The third-order valence-corrected chi connectivity index (χ3v) is 7.32. The highest BCUT2D eigenvalue weighted by Crippen LogP contribution is 2.58. The highest BCUT2D eigenvalue weighted by molar-refractivity contribution is 6.03. The van der Waals surface area contributed by atoms with Gasteiger partial charge in [-0.1, -0.05) is 12.1 Å². The van der Waals surface area contributed by atoms with Gasteiger partial charge >= 0.3 is 5.97 Å². The molecule has 0 radical (unpaired) electrons. The fourth-order valence-corrected chi connectivity index (χ4v) is 5.84. The first-order valence-corrected chi connectivity index (χ1v) is 12.0. The zero-order valence-corrected chi connectivity index (χ0v) is 19.6. The predicted molar refractivity (Wildman–Crippen MR) is 121 cm³/mol. The summed E-state index contributed by atoms with van der Waals surface area (Å²) in [5, 5.41) is 12.1. The Morgan fingerprint density at radius 3 is 2.79 bits per heavy atom. The SMILES string of the molecule is CCOC(=O)[C@@H]1[C@@H]2CC[C@]3(O2)[C@H](C(=O)Nc2cc(C)ccc2C)N(CCCCCO)C(=O)[C@@H]13. The number of carbonyl (C=O) groups is 3. The summed E-state index contributed by atoms with van der Waals surface area (Å²) in [5.74, 6) is -2.29. The van der Waals surface area contributed by atoms with Gasteiger partial charge in [0.25, 0.3) is 0 Å². The summed E-state index contributed by atoms with van der Waals surface area (Å²) in [7, 11) is 0. The molecule has 8 heteroatoms. The van der Waals surface area contributed by atoms with Crippen LogP contribution in [-0.2, 0) is 23.9 Å². The number of ether oxygens (including phenoxy) is 2. The first kappa shape index (κ1) is 23.7.